The average molecular weight is 246 g/mol. The third-order valence-electron chi connectivity index (χ3n) is 2.75. The van der Waals surface area contributed by atoms with E-state index in [0.29, 0.717) is 6.10 Å². The van der Waals surface area contributed by atoms with Crippen molar-refractivity contribution in [1.82, 2.24) is 10.2 Å². The molecule has 1 fully saturated rings. The van der Waals surface area contributed by atoms with Crippen molar-refractivity contribution < 1.29 is 4.74 Å². The summed E-state index contributed by atoms with van der Waals surface area (Å²) in [7, 11) is 0. The molecule has 1 unspecified atom stereocenters. The van der Waals surface area contributed by atoms with Crippen LogP contribution in [0.25, 0.3) is 0 Å². The van der Waals surface area contributed by atoms with Gasteiger partial charge in [0.15, 0.2) is 0 Å². The van der Waals surface area contributed by atoms with Gasteiger partial charge in [0.2, 0.25) is 0 Å². The summed E-state index contributed by atoms with van der Waals surface area (Å²) in [4.78, 5) is 2.52. The van der Waals surface area contributed by atoms with Gasteiger partial charge in [-0.1, -0.05) is 13.8 Å². The van der Waals surface area contributed by atoms with E-state index < -0.39 is 0 Å². The number of hydrogen-bond donors (Lipinski definition) is 2. The largest absolute Gasteiger partial charge is 0.376 e. The summed E-state index contributed by atoms with van der Waals surface area (Å²) < 4.78 is 5.76. The van der Waals surface area contributed by atoms with Crippen LogP contribution in [-0.2, 0) is 4.74 Å². The van der Waals surface area contributed by atoms with Crippen LogP contribution < -0.4 is 5.32 Å². The topological polar surface area (TPSA) is 24.5 Å². The Morgan fingerprint density at radius 2 is 2.19 bits per heavy atom. The summed E-state index contributed by atoms with van der Waals surface area (Å²) >= 11 is 4.30. The quantitative estimate of drug-likeness (QED) is 0.550. The van der Waals surface area contributed by atoms with Crippen LogP contribution in [0.2, 0.25) is 0 Å². The highest BCUT2D eigenvalue weighted by atomic mass is 32.1. The summed E-state index contributed by atoms with van der Waals surface area (Å²) in [5.74, 6) is 0.745. The molecule has 0 spiro atoms. The maximum atomic E-state index is 5.76. The minimum atomic E-state index is 0.273. The van der Waals surface area contributed by atoms with Gasteiger partial charge in [0.1, 0.15) is 0 Å². The molecule has 0 bridgehead atoms. The van der Waals surface area contributed by atoms with Gasteiger partial charge in [0.25, 0.3) is 0 Å². The standard InChI is InChI=1S/C12H26N2OS/c1-10(2)8-14-6-7-15-12(9-14)4-5-13-11(3)16/h10-13,16H,4-9H2,1-3H3/t11?,12-/m0/s1. The molecular weight excluding hydrogens is 220 g/mol. The van der Waals surface area contributed by atoms with Gasteiger partial charge < -0.3 is 10.1 Å². The minimum absolute atomic E-state index is 0.273. The predicted octanol–water partition coefficient (Wildman–Crippen LogP) is 1.60. The lowest BCUT2D eigenvalue weighted by Crippen LogP contribution is -2.44. The van der Waals surface area contributed by atoms with Crippen molar-refractivity contribution in [3.05, 3.63) is 0 Å². The van der Waals surface area contributed by atoms with E-state index in [9.17, 15) is 0 Å². The molecule has 1 heterocycles. The van der Waals surface area contributed by atoms with Gasteiger partial charge in [0, 0.05) is 25.0 Å². The van der Waals surface area contributed by atoms with Crippen molar-refractivity contribution >= 4 is 12.6 Å². The predicted molar refractivity (Wildman–Crippen MR) is 72.1 cm³/mol. The van der Waals surface area contributed by atoms with Crippen LogP contribution >= 0.6 is 12.6 Å². The molecular formula is C12H26N2OS. The van der Waals surface area contributed by atoms with Gasteiger partial charge in [0.05, 0.1) is 12.7 Å². The maximum absolute atomic E-state index is 5.76. The highest BCUT2D eigenvalue weighted by Gasteiger charge is 2.20. The number of rotatable bonds is 6. The lowest BCUT2D eigenvalue weighted by Gasteiger charge is -2.34. The molecule has 0 radical (unpaired) electrons. The summed E-state index contributed by atoms with van der Waals surface area (Å²) in [6.07, 6.45) is 1.48. The van der Waals surface area contributed by atoms with Gasteiger partial charge in [-0.15, -0.1) is 0 Å². The number of nitrogens with zero attached hydrogens (tertiary/aromatic N) is 1. The zero-order chi connectivity index (χ0) is 12.0. The number of morpholine rings is 1. The van der Waals surface area contributed by atoms with Crippen LogP contribution in [0.4, 0.5) is 0 Å². The van der Waals surface area contributed by atoms with Crippen molar-refractivity contribution in [3.8, 4) is 0 Å². The Labute approximate surface area is 105 Å². The Balaban J connectivity index is 2.17. The van der Waals surface area contributed by atoms with Crippen LogP contribution in [-0.4, -0.2) is 49.2 Å². The molecule has 0 saturated carbocycles. The number of hydrogen-bond acceptors (Lipinski definition) is 4. The smallest absolute Gasteiger partial charge is 0.0714 e. The Morgan fingerprint density at radius 1 is 1.44 bits per heavy atom. The molecule has 2 atom stereocenters. The first-order valence-electron chi connectivity index (χ1n) is 6.33. The molecule has 3 nitrogen and oxygen atoms in total. The fourth-order valence-electron chi connectivity index (χ4n) is 2.09. The molecule has 0 aromatic heterocycles. The fraction of sp³-hybridized carbons (Fsp3) is 1.00. The van der Waals surface area contributed by atoms with Gasteiger partial charge >= 0.3 is 0 Å². The first kappa shape index (κ1) is 14.3. The Kier molecular flexibility index (Phi) is 6.73. The van der Waals surface area contributed by atoms with E-state index >= 15 is 0 Å². The van der Waals surface area contributed by atoms with Crippen molar-refractivity contribution in [1.29, 1.82) is 0 Å². The van der Waals surface area contributed by atoms with Gasteiger partial charge in [-0.3, -0.25) is 4.90 Å². The highest BCUT2D eigenvalue weighted by molar-refractivity contribution is 7.80. The minimum Gasteiger partial charge on any atom is -0.376 e. The fourth-order valence-corrected chi connectivity index (χ4v) is 2.22. The van der Waals surface area contributed by atoms with Crippen LogP contribution in [0.15, 0.2) is 0 Å². The van der Waals surface area contributed by atoms with Gasteiger partial charge in [-0.25, -0.2) is 0 Å². The van der Waals surface area contributed by atoms with Crippen molar-refractivity contribution in [2.24, 2.45) is 5.92 Å². The molecule has 4 heteroatoms. The third-order valence-corrected chi connectivity index (χ3v) is 2.93. The van der Waals surface area contributed by atoms with Crippen molar-refractivity contribution in [2.45, 2.75) is 38.7 Å². The molecule has 1 N–H and O–H groups in total. The van der Waals surface area contributed by atoms with Crippen LogP contribution in [0.3, 0.4) is 0 Å². The molecule has 16 heavy (non-hydrogen) atoms. The molecule has 1 rings (SSSR count). The summed E-state index contributed by atoms with van der Waals surface area (Å²) in [6, 6.07) is 0. The third kappa shape index (κ3) is 6.09. The number of ether oxygens (including phenoxy) is 1. The molecule has 1 aliphatic heterocycles. The van der Waals surface area contributed by atoms with Crippen LogP contribution in [0.5, 0.6) is 0 Å². The first-order chi connectivity index (χ1) is 7.58. The second kappa shape index (κ2) is 7.54. The maximum Gasteiger partial charge on any atom is 0.0714 e. The van der Waals surface area contributed by atoms with E-state index in [1.165, 1.54) is 6.54 Å². The van der Waals surface area contributed by atoms with Gasteiger partial charge in [-0.05, 0) is 25.8 Å². The molecule has 1 saturated heterocycles. The van der Waals surface area contributed by atoms with E-state index in [-0.39, 0.29) is 5.37 Å². The summed E-state index contributed by atoms with van der Waals surface area (Å²) in [5, 5.41) is 3.59. The SMILES string of the molecule is CC(C)CN1CCO[C@@H](CCNC(C)S)C1. The van der Waals surface area contributed by atoms with Crippen LogP contribution in [0.1, 0.15) is 27.2 Å². The highest BCUT2D eigenvalue weighted by Crippen LogP contribution is 2.10. The number of nitrogens with one attached hydrogen (secondary N) is 1. The monoisotopic (exact) mass is 246 g/mol. The normalized spacial score (nSPS) is 24.9. The molecule has 1 aliphatic rings. The van der Waals surface area contributed by atoms with Gasteiger partial charge in [-0.2, -0.15) is 12.6 Å². The zero-order valence-corrected chi connectivity index (χ0v) is 11.7. The lowest BCUT2D eigenvalue weighted by molar-refractivity contribution is -0.0346. The van der Waals surface area contributed by atoms with E-state index in [2.05, 4.69) is 43.6 Å². The van der Waals surface area contributed by atoms with Crippen LogP contribution in [0, 0.1) is 5.92 Å². The van der Waals surface area contributed by atoms with E-state index in [1.807, 2.05) is 0 Å². The molecule has 0 aliphatic carbocycles. The second-order valence-corrected chi connectivity index (χ2v) is 5.84. The summed E-state index contributed by atoms with van der Waals surface area (Å²) in [6.45, 7) is 11.8. The lowest BCUT2D eigenvalue weighted by atomic mass is 10.1. The second-order valence-electron chi connectivity index (χ2n) is 5.06. The average Bonchev–Trinajstić information content (AvgIpc) is 2.16. The Morgan fingerprint density at radius 3 is 2.81 bits per heavy atom. The van der Waals surface area contributed by atoms with E-state index in [0.717, 1.165) is 38.6 Å². The van der Waals surface area contributed by atoms with Crippen molar-refractivity contribution in [2.75, 3.05) is 32.8 Å². The van der Waals surface area contributed by atoms with Crippen molar-refractivity contribution in [3.63, 3.8) is 0 Å². The first-order valence-corrected chi connectivity index (χ1v) is 6.85. The van der Waals surface area contributed by atoms with E-state index in [4.69, 9.17) is 4.74 Å². The Hall–Kier alpha value is 0.230. The summed E-state index contributed by atoms with van der Waals surface area (Å²) in [5.41, 5.74) is 0. The molecule has 0 aromatic carbocycles. The molecule has 0 amide bonds. The zero-order valence-electron chi connectivity index (χ0n) is 10.8. The molecule has 96 valence electrons. The van der Waals surface area contributed by atoms with E-state index in [1.54, 1.807) is 0 Å². The molecule has 0 aromatic rings. The number of thiol groups is 1. The Bertz CT molecular complexity index is 188.